The maximum absolute atomic E-state index is 7.17. The zero-order valence-electron chi connectivity index (χ0n) is 55.6. The first-order chi connectivity index (χ1) is 51.5. The molecule has 0 aliphatic heterocycles. The van der Waals surface area contributed by atoms with E-state index in [0.717, 1.165) is 144 Å². The fourth-order valence-electron chi connectivity index (χ4n) is 16.2. The lowest BCUT2D eigenvalue weighted by atomic mass is 10.0. The maximum atomic E-state index is 7.17. The number of anilines is 6. The van der Waals surface area contributed by atoms with E-state index in [0.29, 0.717) is 11.8 Å². The Hall–Kier alpha value is -13.4. The van der Waals surface area contributed by atoms with Gasteiger partial charge in [-0.1, -0.05) is 176 Å². The van der Waals surface area contributed by atoms with Crippen LogP contribution in [0.1, 0.15) is 0 Å². The summed E-state index contributed by atoms with van der Waals surface area (Å²) in [6.45, 7) is 0. The van der Waals surface area contributed by atoms with Crippen LogP contribution >= 0.6 is 22.7 Å². The molecule has 0 saturated heterocycles. The van der Waals surface area contributed by atoms with Crippen LogP contribution in [0, 0.1) is 0 Å². The third-order valence-electron chi connectivity index (χ3n) is 20.9. The molecule has 6 aromatic heterocycles. The van der Waals surface area contributed by atoms with Gasteiger partial charge in [0.25, 0.3) is 0 Å². The lowest BCUT2D eigenvalue weighted by Gasteiger charge is -2.27. The van der Waals surface area contributed by atoms with Crippen molar-refractivity contribution >= 4 is 184 Å². The molecule has 0 aliphatic rings. The lowest BCUT2D eigenvalue weighted by Crippen LogP contribution is -2.10. The Labute approximate surface area is 603 Å². The standard InChI is InChI=1S/C94H56N6O2S2/c1-3-18-60(19-4-1)93-96-91-84(101-93)50-39-58-20-16-32-82(89(58)91)98(68-42-46-73-71-28-9-13-34-85(71)104-88(73)56-68)66-44-49-81-75(54-66)70-27-8-12-31-79(70)100(81)64-40-36-57(37-41-64)61-22-15-23-62(52-61)94-95-77-47-38-59-21-17-33-83(90(59)92(77)102-94)97(67-45-51-87-76(55-67)72-29-10-14-35-86(72)103-87)65-43-48-80-74(53-65)69-26-7-11-30-78(69)99(80)63-24-5-2-6-25-63/h1-56H. The second-order valence-electron chi connectivity index (χ2n) is 26.8. The van der Waals surface area contributed by atoms with Crippen LogP contribution in [0.15, 0.2) is 349 Å². The molecule has 22 rings (SSSR count). The topological polar surface area (TPSA) is 68.4 Å². The van der Waals surface area contributed by atoms with E-state index < -0.39 is 0 Å². The molecule has 0 fully saturated rings. The Bertz CT molecular complexity index is 7260. The van der Waals surface area contributed by atoms with E-state index in [1.807, 2.05) is 59.1 Å². The number of aromatic nitrogens is 4. The summed E-state index contributed by atoms with van der Waals surface area (Å²) in [6, 6.07) is 123. The number of oxazole rings is 2. The van der Waals surface area contributed by atoms with Gasteiger partial charge in [-0.05, 0) is 186 Å². The van der Waals surface area contributed by atoms with Crippen molar-refractivity contribution in [2.75, 3.05) is 9.80 Å². The van der Waals surface area contributed by atoms with Crippen molar-refractivity contribution in [3.05, 3.63) is 340 Å². The Kier molecular flexibility index (Phi) is 13.0. The first-order valence-corrected chi connectivity index (χ1v) is 36.6. The zero-order valence-corrected chi connectivity index (χ0v) is 57.3. The molecule has 10 heteroatoms. The maximum Gasteiger partial charge on any atom is 0.227 e. The minimum Gasteiger partial charge on any atom is -0.436 e. The van der Waals surface area contributed by atoms with Crippen LogP contribution in [0.3, 0.4) is 0 Å². The molecule has 104 heavy (non-hydrogen) atoms. The van der Waals surface area contributed by atoms with Crippen molar-refractivity contribution < 1.29 is 8.83 Å². The number of thiophene rings is 2. The SMILES string of the molecule is c1ccc(-c2nc3c(ccc4cccc(N(c5ccc6c(c5)sc5ccccc56)c5ccc6c(c5)c5ccccc5n6-c5ccc(-c6cccc(-c7nc8ccc9cccc(N(c%10ccc%11sc%12ccccc%12c%11c%10)c%10ccc%11c(c%10)c%10ccccc%10n%11-c%10ccccc%10)c9c8o7)c6)cc5)c43)o2)cc1. The number of benzene rings is 16. The van der Waals surface area contributed by atoms with Gasteiger partial charge in [-0.25, -0.2) is 9.97 Å². The summed E-state index contributed by atoms with van der Waals surface area (Å²) >= 11 is 3.66. The van der Waals surface area contributed by atoms with E-state index in [4.69, 9.17) is 18.8 Å². The second-order valence-corrected chi connectivity index (χ2v) is 28.9. The Morgan fingerprint density at radius 2 is 0.769 bits per heavy atom. The van der Waals surface area contributed by atoms with E-state index in [-0.39, 0.29) is 0 Å². The summed E-state index contributed by atoms with van der Waals surface area (Å²) in [5.41, 5.74) is 19.9. The molecular weight excluding hydrogens is 1310 g/mol. The van der Waals surface area contributed by atoms with Crippen LogP contribution in [0.5, 0.6) is 0 Å². The highest BCUT2D eigenvalue weighted by atomic mass is 32.1. The predicted octanol–water partition coefficient (Wildman–Crippen LogP) is 27.1. The molecule has 0 radical (unpaired) electrons. The molecule has 486 valence electrons. The minimum atomic E-state index is 0.557. The molecule has 0 N–H and O–H groups in total. The van der Waals surface area contributed by atoms with Gasteiger partial charge in [0.2, 0.25) is 11.8 Å². The van der Waals surface area contributed by atoms with Crippen LogP contribution in [0.4, 0.5) is 34.1 Å². The van der Waals surface area contributed by atoms with Crippen LogP contribution < -0.4 is 9.80 Å². The van der Waals surface area contributed by atoms with Crippen LogP contribution in [-0.4, -0.2) is 19.1 Å². The van der Waals surface area contributed by atoms with E-state index in [9.17, 15) is 0 Å². The number of hydrogen-bond donors (Lipinski definition) is 0. The van der Waals surface area contributed by atoms with Crippen molar-refractivity contribution in [3.63, 3.8) is 0 Å². The highest BCUT2D eigenvalue weighted by Crippen LogP contribution is 2.50. The number of para-hydroxylation sites is 3. The number of nitrogens with zero attached hydrogens (tertiary/aromatic N) is 6. The summed E-state index contributed by atoms with van der Waals surface area (Å²) in [7, 11) is 0. The van der Waals surface area contributed by atoms with Crippen molar-refractivity contribution in [3.8, 4) is 45.4 Å². The van der Waals surface area contributed by atoms with Gasteiger partial charge < -0.3 is 27.8 Å². The Morgan fingerprint density at radius 1 is 0.279 bits per heavy atom. The minimum absolute atomic E-state index is 0.557. The molecule has 0 saturated carbocycles. The Morgan fingerprint density at radius 3 is 1.47 bits per heavy atom. The molecule has 0 amide bonds. The lowest BCUT2D eigenvalue weighted by molar-refractivity contribution is 0.620. The second kappa shape index (κ2) is 23.1. The summed E-state index contributed by atoms with van der Waals surface area (Å²) in [4.78, 5) is 15.4. The average molecular weight is 1370 g/mol. The molecule has 0 aliphatic carbocycles. The van der Waals surface area contributed by atoms with Gasteiger partial charge in [0, 0.05) is 113 Å². The van der Waals surface area contributed by atoms with Crippen molar-refractivity contribution in [2.45, 2.75) is 0 Å². The van der Waals surface area contributed by atoms with Gasteiger partial charge in [0.15, 0.2) is 11.2 Å². The van der Waals surface area contributed by atoms with E-state index >= 15 is 0 Å². The van der Waals surface area contributed by atoms with Crippen LogP contribution in [-0.2, 0) is 0 Å². The van der Waals surface area contributed by atoms with Gasteiger partial charge in [-0.2, -0.15) is 0 Å². The normalized spacial score (nSPS) is 12.0. The van der Waals surface area contributed by atoms with Crippen molar-refractivity contribution in [2.24, 2.45) is 0 Å². The summed E-state index contributed by atoms with van der Waals surface area (Å²) in [5, 5.41) is 13.8. The molecular formula is C94H56N6O2S2. The molecule has 22 aromatic rings. The third kappa shape index (κ3) is 9.15. The number of fused-ring (bicyclic) bond motifs is 18. The van der Waals surface area contributed by atoms with Gasteiger partial charge in [0.1, 0.15) is 11.0 Å². The van der Waals surface area contributed by atoms with Gasteiger partial charge in [-0.3, -0.25) is 0 Å². The highest BCUT2D eigenvalue weighted by molar-refractivity contribution is 7.26. The number of rotatable bonds is 11. The number of hydrogen-bond acceptors (Lipinski definition) is 8. The first-order valence-electron chi connectivity index (χ1n) is 35.0. The average Bonchev–Trinajstić information content (AvgIpc) is 1.51. The third-order valence-corrected chi connectivity index (χ3v) is 23.2. The highest BCUT2D eigenvalue weighted by Gasteiger charge is 2.26. The quantitative estimate of drug-likeness (QED) is 0.129. The smallest absolute Gasteiger partial charge is 0.227 e. The van der Waals surface area contributed by atoms with E-state index in [2.05, 4.69) is 322 Å². The first kappa shape index (κ1) is 58.4. The molecule has 16 aromatic carbocycles. The van der Waals surface area contributed by atoms with Crippen molar-refractivity contribution in [1.29, 1.82) is 0 Å². The zero-order chi connectivity index (χ0) is 68.1. The van der Waals surface area contributed by atoms with Crippen LogP contribution in [0.2, 0.25) is 0 Å². The van der Waals surface area contributed by atoms with Gasteiger partial charge >= 0.3 is 0 Å². The Balaban J connectivity index is 0.641. The largest absolute Gasteiger partial charge is 0.436 e. The summed E-state index contributed by atoms with van der Waals surface area (Å²) in [5.74, 6) is 1.15. The molecule has 0 bridgehead atoms. The molecule has 6 heterocycles. The monoisotopic (exact) mass is 1360 g/mol. The molecule has 0 atom stereocenters. The van der Waals surface area contributed by atoms with Gasteiger partial charge in [-0.15, -0.1) is 22.7 Å². The molecule has 8 nitrogen and oxygen atoms in total. The van der Waals surface area contributed by atoms with Crippen LogP contribution in [0.25, 0.3) is 173 Å². The van der Waals surface area contributed by atoms with E-state index in [1.165, 1.54) is 51.1 Å². The fourth-order valence-corrected chi connectivity index (χ4v) is 18.4. The van der Waals surface area contributed by atoms with E-state index in [1.54, 1.807) is 0 Å². The molecule has 0 unspecified atom stereocenters. The fraction of sp³-hybridized carbons (Fsp3) is 0. The van der Waals surface area contributed by atoms with Gasteiger partial charge in [0.05, 0.1) is 38.8 Å². The van der Waals surface area contributed by atoms with Crippen molar-refractivity contribution in [1.82, 2.24) is 19.1 Å². The summed E-state index contributed by atoms with van der Waals surface area (Å²) < 4.78 is 23.5. The summed E-state index contributed by atoms with van der Waals surface area (Å²) in [6.07, 6.45) is 0. The molecule has 0 spiro atoms. The predicted molar refractivity (Wildman–Crippen MR) is 437 cm³/mol.